The highest BCUT2D eigenvalue weighted by Gasteiger charge is 2.22. The number of methoxy groups -OCH3 is 1. The number of nitrogens with one attached hydrogen (secondary N) is 1. The zero-order chi connectivity index (χ0) is 15.0. The van der Waals surface area contributed by atoms with E-state index in [2.05, 4.69) is 5.32 Å². The lowest BCUT2D eigenvalue weighted by molar-refractivity contribution is 0.0660. The first kappa shape index (κ1) is 16.7. The molecule has 0 saturated carbocycles. The second-order valence-corrected chi connectivity index (χ2v) is 4.87. The molecule has 0 heterocycles. The number of para-hydroxylation sites is 2. The predicted molar refractivity (Wildman–Crippen MR) is 75.1 cm³/mol. The lowest BCUT2D eigenvalue weighted by atomic mass is 10.1. The Hall–Kier alpha value is -1.34. The molecule has 6 heteroatoms. The van der Waals surface area contributed by atoms with Gasteiger partial charge in [-0.3, -0.25) is 0 Å². The molecule has 0 aromatic heterocycles. The summed E-state index contributed by atoms with van der Waals surface area (Å²) in [5.41, 5.74) is -0.814. The van der Waals surface area contributed by atoms with Gasteiger partial charge in [0.1, 0.15) is 12.7 Å². The Kier molecular flexibility index (Phi) is 6.74. The first-order chi connectivity index (χ1) is 9.54. The van der Waals surface area contributed by atoms with Gasteiger partial charge in [-0.1, -0.05) is 12.1 Å². The summed E-state index contributed by atoms with van der Waals surface area (Å²) in [7, 11) is 1.55. The summed E-state index contributed by atoms with van der Waals surface area (Å²) in [4.78, 5) is 0. The highest BCUT2D eigenvalue weighted by molar-refractivity contribution is 5.39. The molecule has 0 bridgehead atoms. The fraction of sp³-hybridized carbons (Fsp3) is 0.571. The van der Waals surface area contributed by atoms with E-state index in [1.165, 1.54) is 0 Å². The molecule has 1 unspecified atom stereocenters. The number of benzene rings is 1. The SMILES string of the molecule is COc1ccccc1OCC(O)CNC(C)(CO)CO. The van der Waals surface area contributed by atoms with Crippen LogP contribution >= 0.6 is 0 Å². The molecule has 0 amide bonds. The first-order valence-electron chi connectivity index (χ1n) is 6.45. The Morgan fingerprint density at radius 3 is 2.35 bits per heavy atom. The van der Waals surface area contributed by atoms with Crippen LogP contribution in [0.25, 0.3) is 0 Å². The summed E-state index contributed by atoms with van der Waals surface area (Å²) in [5, 5.41) is 31.0. The average molecular weight is 285 g/mol. The molecule has 20 heavy (non-hydrogen) atoms. The molecular formula is C14H23NO5. The maximum absolute atomic E-state index is 9.84. The second-order valence-electron chi connectivity index (χ2n) is 4.87. The zero-order valence-corrected chi connectivity index (χ0v) is 11.9. The van der Waals surface area contributed by atoms with Gasteiger partial charge in [-0.2, -0.15) is 0 Å². The number of ether oxygens (including phenoxy) is 2. The van der Waals surface area contributed by atoms with Gasteiger partial charge < -0.3 is 30.1 Å². The van der Waals surface area contributed by atoms with E-state index in [1.54, 1.807) is 26.2 Å². The van der Waals surface area contributed by atoms with Crippen molar-refractivity contribution in [3.63, 3.8) is 0 Å². The van der Waals surface area contributed by atoms with Gasteiger partial charge in [-0.05, 0) is 19.1 Å². The minimum absolute atomic E-state index is 0.0836. The Morgan fingerprint density at radius 1 is 1.20 bits per heavy atom. The fourth-order valence-corrected chi connectivity index (χ4v) is 1.51. The van der Waals surface area contributed by atoms with Gasteiger partial charge in [0.2, 0.25) is 0 Å². The highest BCUT2D eigenvalue weighted by Crippen LogP contribution is 2.25. The molecule has 0 radical (unpaired) electrons. The quantitative estimate of drug-likeness (QED) is 0.501. The minimum atomic E-state index is -0.814. The van der Waals surface area contributed by atoms with Gasteiger partial charge in [0.25, 0.3) is 0 Å². The molecular weight excluding hydrogens is 262 g/mol. The van der Waals surface area contributed by atoms with E-state index in [4.69, 9.17) is 19.7 Å². The summed E-state index contributed by atoms with van der Waals surface area (Å²) < 4.78 is 10.6. The number of hydrogen-bond donors (Lipinski definition) is 4. The third-order valence-electron chi connectivity index (χ3n) is 2.96. The standard InChI is InChI=1S/C14H23NO5/c1-14(9-16,10-17)15-7-11(18)8-20-13-6-4-3-5-12(13)19-2/h3-6,11,15-18H,7-10H2,1-2H3. The van der Waals surface area contributed by atoms with Gasteiger partial charge in [0, 0.05) is 6.54 Å². The van der Waals surface area contributed by atoms with Crippen molar-refractivity contribution in [3.8, 4) is 11.5 Å². The lowest BCUT2D eigenvalue weighted by Crippen LogP contribution is -2.52. The summed E-state index contributed by atoms with van der Waals surface area (Å²) >= 11 is 0. The van der Waals surface area contributed by atoms with Crippen molar-refractivity contribution >= 4 is 0 Å². The van der Waals surface area contributed by atoms with E-state index < -0.39 is 11.6 Å². The van der Waals surface area contributed by atoms with Crippen LogP contribution < -0.4 is 14.8 Å². The molecule has 6 nitrogen and oxygen atoms in total. The van der Waals surface area contributed by atoms with Crippen LogP contribution in [0.1, 0.15) is 6.92 Å². The summed E-state index contributed by atoms with van der Waals surface area (Å²) in [6, 6.07) is 7.17. The lowest BCUT2D eigenvalue weighted by Gasteiger charge is -2.27. The molecule has 1 aromatic carbocycles. The monoisotopic (exact) mass is 285 g/mol. The third kappa shape index (κ3) is 4.97. The van der Waals surface area contributed by atoms with Crippen LogP contribution in [0.15, 0.2) is 24.3 Å². The summed E-state index contributed by atoms with van der Waals surface area (Å²) in [6.45, 7) is 1.51. The molecule has 0 spiro atoms. The molecule has 0 aliphatic carbocycles. The van der Waals surface area contributed by atoms with Crippen molar-refractivity contribution < 1.29 is 24.8 Å². The van der Waals surface area contributed by atoms with Gasteiger partial charge in [-0.15, -0.1) is 0 Å². The Balaban J connectivity index is 2.42. The molecule has 0 saturated heterocycles. The maximum Gasteiger partial charge on any atom is 0.161 e. The molecule has 0 aliphatic heterocycles. The van der Waals surface area contributed by atoms with Crippen molar-refractivity contribution in [3.05, 3.63) is 24.3 Å². The minimum Gasteiger partial charge on any atom is -0.493 e. The maximum atomic E-state index is 9.84. The summed E-state index contributed by atoms with van der Waals surface area (Å²) in [5.74, 6) is 1.16. The highest BCUT2D eigenvalue weighted by atomic mass is 16.5. The summed E-state index contributed by atoms with van der Waals surface area (Å²) in [6.07, 6.45) is -0.766. The smallest absolute Gasteiger partial charge is 0.161 e. The number of aliphatic hydroxyl groups excluding tert-OH is 3. The largest absolute Gasteiger partial charge is 0.493 e. The van der Waals surface area contributed by atoms with E-state index >= 15 is 0 Å². The number of rotatable bonds is 9. The molecule has 4 N–H and O–H groups in total. The molecule has 1 rings (SSSR count). The predicted octanol–water partition coefficient (Wildman–Crippen LogP) is -0.232. The fourth-order valence-electron chi connectivity index (χ4n) is 1.51. The van der Waals surface area contributed by atoms with E-state index in [-0.39, 0.29) is 26.4 Å². The van der Waals surface area contributed by atoms with E-state index in [0.29, 0.717) is 11.5 Å². The van der Waals surface area contributed by atoms with Crippen LogP contribution in [0.4, 0.5) is 0 Å². The number of β-amino-alcohol motifs (C(OH)–C–C–N with tert-alkyl or cyclic N) is 1. The topological polar surface area (TPSA) is 91.2 Å². The molecule has 114 valence electrons. The first-order valence-corrected chi connectivity index (χ1v) is 6.45. The molecule has 1 aromatic rings. The third-order valence-corrected chi connectivity index (χ3v) is 2.96. The Bertz CT molecular complexity index is 395. The van der Waals surface area contributed by atoms with Crippen LogP contribution in [0.5, 0.6) is 11.5 Å². The number of aliphatic hydroxyl groups is 3. The zero-order valence-electron chi connectivity index (χ0n) is 11.9. The van der Waals surface area contributed by atoms with Gasteiger partial charge in [0.05, 0.1) is 25.9 Å². The van der Waals surface area contributed by atoms with Crippen LogP contribution in [-0.4, -0.2) is 60.4 Å². The van der Waals surface area contributed by atoms with Crippen molar-refractivity contribution in [1.82, 2.24) is 5.32 Å². The van der Waals surface area contributed by atoms with E-state index in [1.807, 2.05) is 12.1 Å². The average Bonchev–Trinajstić information content (AvgIpc) is 2.50. The van der Waals surface area contributed by atoms with Crippen LogP contribution in [0.2, 0.25) is 0 Å². The van der Waals surface area contributed by atoms with Gasteiger partial charge in [-0.25, -0.2) is 0 Å². The normalized spacial score (nSPS) is 13.1. The molecule has 1 atom stereocenters. The Morgan fingerprint density at radius 2 is 1.80 bits per heavy atom. The van der Waals surface area contributed by atoms with Crippen LogP contribution in [0.3, 0.4) is 0 Å². The van der Waals surface area contributed by atoms with Gasteiger partial charge >= 0.3 is 0 Å². The van der Waals surface area contributed by atoms with E-state index in [0.717, 1.165) is 0 Å². The van der Waals surface area contributed by atoms with Crippen molar-refractivity contribution in [2.45, 2.75) is 18.6 Å². The molecule has 0 aliphatic rings. The van der Waals surface area contributed by atoms with Crippen LogP contribution in [0, 0.1) is 0 Å². The van der Waals surface area contributed by atoms with Crippen LogP contribution in [-0.2, 0) is 0 Å². The van der Waals surface area contributed by atoms with Gasteiger partial charge in [0.15, 0.2) is 11.5 Å². The second kappa shape index (κ2) is 8.06. The number of hydrogen-bond acceptors (Lipinski definition) is 6. The van der Waals surface area contributed by atoms with Crippen molar-refractivity contribution in [2.24, 2.45) is 0 Å². The van der Waals surface area contributed by atoms with E-state index in [9.17, 15) is 5.11 Å². The van der Waals surface area contributed by atoms with Crippen molar-refractivity contribution in [1.29, 1.82) is 0 Å². The van der Waals surface area contributed by atoms with Crippen molar-refractivity contribution in [2.75, 3.05) is 33.5 Å². The molecule has 0 fully saturated rings. The Labute approximate surface area is 119 Å².